The molecule has 0 saturated carbocycles. The highest BCUT2D eigenvalue weighted by atomic mass is 32.2. The van der Waals surface area contributed by atoms with Crippen molar-refractivity contribution in [2.45, 2.75) is 18.5 Å². The van der Waals surface area contributed by atoms with E-state index in [0.717, 1.165) is 22.2 Å². The number of urea groups is 1. The minimum absolute atomic E-state index is 0.0605. The van der Waals surface area contributed by atoms with E-state index in [4.69, 9.17) is 0 Å². The molecule has 2 N–H and O–H groups in total. The molecule has 2 aromatic heterocycles. The summed E-state index contributed by atoms with van der Waals surface area (Å²) in [7, 11) is 0. The van der Waals surface area contributed by atoms with Gasteiger partial charge in [0.15, 0.2) is 5.16 Å². The molecule has 33 heavy (non-hydrogen) atoms. The highest BCUT2D eigenvalue weighted by Crippen LogP contribution is 2.21. The summed E-state index contributed by atoms with van der Waals surface area (Å²) in [6, 6.07) is 18.0. The summed E-state index contributed by atoms with van der Waals surface area (Å²) < 4.78 is 1.50. The minimum atomic E-state index is -0.542. The molecule has 0 saturated heterocycles. The van der Waals surface area contributed by atoms with Crippen molar-refractivity contribution in [3.8, 4) is 5.69 Å². The number of hydrogen-bond acceptors (Lipinski definition) is 6. The summed E-state index contributed by atoms with van der Waals surface area (Å²) in [5.41, 5.74) is 2.08. The molecule has 0 radical (unpaired) electrons. The van der Waals surface area contributed by atoms with Crippen LogP contribution in [0.5, 0.6) is 0 Å². The maximum atomic E-state index is 13.2. The van der Waals surface area contributed by atoms with Gasteiger partial charge in [-0.15, -0.1) is 11.3 Å². The van der Waals surface area contributed by atoms with Crippen LogP contribution in [0.25, 0.3) is 16.6 Å². The fourth-order valence-corrected chi connectivity index (χ4v) is 4.74. The monoisotopic (exact) mass is 478 g/mol. The maximum Gasteiger partial charge on any atom is 0.321 e. The first-order valence-electron chi connectivity index (χ1n) is 10.3. The fourth-order valence-electron chi connectivity index (χ4n) is 3.22. The van der Waals surface area contributed by atoms with Crippen molar-refractivity contribution < 1.29 is 9.59 Å². The standard InChI is InChI=1S/C24H22N4O3S2/c1-16-8-10-17(11-9-16)28-22(30)19-6-2-3-7-20(19)26-24(28)33-15-21(29)27-23(31)25-13-12-18-5-4-14-32-18/h2-11,14H,12-13,15H2,1H3,(H2,25,27,29,31). The van der Waals surface area contributed by atoms with Gasteiger partial charge in [-0.25, -0.2) is 9.78 Å². The Kier molecular flexibility index (Phi) is 7.21. The second-order valence-electron chi connectivity index (χ2n) is 7.31. The van der Waals surface area contributed by atoms with Crippen LogP contribution < -0.4 is 16.2 Å². The van der Waals surface area contributed by atoms with Crippen molar-refractivity contribution in [2.75, 3.05) is 12.3 Å². The molecule has 4 rings (SSSR count). The lowest BCUT2D eigenvalue weighted by Crippen LogP contribution is -2.41. The number of imide groups is 1. The van der Waals surface area contributed by atoms with Crippen LogP contribution in [0.1, 0.15) is 10.4 Å². The number of carbonyl (C=O) groups excluding carboxylic acids is 2. The first-order chi connectivity index (χ1) is 16.0. The number of carbonyl (C=O) groups is 2. The van der Waals surface area contributed by atoms with Crippen LogP contribution in [0.15, 0.2) is 76.0 Å². The van der Waals surface area contributed by atoms with Gasteiger partial charge in [0.05, 0.1) is 22.3 Å². The Labute approximate surface area is 198 Å². The van der Waals surface area contributed by atoms with E-state index in [1.54, 1.807) is 29.5 Å². The van der Waals surface area contributed by atoms with Crippen molar-refractivity contribution in [3.05, 3.63) is 86.8 Å². The molecule has 0 bridgehead atoms. The second kappa shape index (κ2) is 10.5. The SMILES string of the molecule is Cc1ccc(-n2c(SCC(=O)NC(=O)NCCc3cccs3)nc3ccccc3c2=O)cc1. The average molecular weight is 479 g/mol. The predicted molar refractivity (Wildman–Crippen MR) is 132 cm³/mol. The molecule has 0 aliphatic carbocycles. The lowest BCUT2D eigenvalue weighted by atomic mass is 10.2. The van der Waals surface area contributed by atoms with Gasteiger partial charge in [0.25, 0.3) is 5.56 Å². The third kappa shape index (κ3) is 5.68. The smallest absolute Gasteiger partial charge is 0.321 e. The topological polar surface area (TPSA) is 93.1 Å². The van der Waals surface area contributed by atoms with Crippen LogP contribution in [0.4, 0.5) is 4.79 Å². The molecule has 2 aromatic carbocycles. The Hall–Kier alpha value is -3.43. The van der Waals surface area contributed by atoms with E-state index >= 15 is 0 Å². The molecule has 0 atom stereocenters. The predicted octanol–water partition coefficient (Wildman–Crippen LogP) is 3.92. The Balaban J connectivity index is 1.46. The van der Waals surface area contributed by atoms with Crippen LogP contribution in [0.2, 0.25) is 0 Å². The van der Waals surface area contributed by atoms with Crippen LogP contribution in [0, 0.1) is 6.92 Å². The molecule has 0 aliphatic rings. The normalized spacial score (nSPS) is 10.8. The van der Waals surface area contributed by atoms with E-state index in [1.807, 2.05) is 54.8 Å². The Bertz CT molecular complexity index is 1330. The lowest BCUT2D eigenvalue weighted by Gasteiger charge is -2.13. The molecule has 7 nitrogen and oxygen atoms in total. The number of para-hydroxylation sites is 1. The first kappa shape index (κ1) is 22.8. The zero-order valence-electron chi connectivity index (χ0n) is 17.9. The molecule has 168 valence electrons. The minimum Gasteiger partial charge on any atom is -0.337 e. The second-order valence-corrected chi connectivity index (χ2v) is 9.28. The molecule has 0 spiro atoms. The average Bonchev–Trinajstić information content (AvgIpc) is 3.32. The van der Waals surface area contributed by atoms with Gasteiger partial charge >= 0.3 is 6.03 Å². The van der Waals surface area contributed by atoms with Crippen molar-refractivity contribution in [3.63, 3.8) is 0 Å². The van der Waals surface area contributed by atoms with Crippen LogP contribution in [-0.2, 0) is 11.2 Å². The number of nitrogens with zero attached hydrogens (tertiary/aromatic N) is 2. The number of nitrogens with one attached hydrogen (secondary N) is 2. The molecule has 9 heteroatoms. The van der Waals surface area contributed by atoms with Gasteiger partial charge in [-0.2, -0.15) is 0 Å². The fraction of sp³-hybridized carbons (Fsp3) is 0.167. The van der Waals surface area contributed by atoms with Gasteiger partial charge in [-0.05, 0) is 49.1 Å². The summed E-state index contributed by atoms with van der Waals surface area (Å²) in [6.45, 7) is 2.41. The Morgan fingerprint density at radius 2 is 1.85 bits per heavy atom. The summed E-state index contributed by atoms with van der Waals surface area (Å²) in [5.74, 6) is -0.527. The van der Waals surface area contributed by atoms with Gasteiger partial charge in [-0.3, -0.25) is 19.5 Å². The summed E-state index contributed by atoms with van der Waals surface area (Å²) in [4.78, 5) is 43.4. The van der Waals surface area contributed by atoms with E-state index < -0.39 is 11.9 Å². The molecule has 3 amide bonds. The first-order valence-corrected chi connectivity index (χ1v) is 12.2. The van der Waals surface area contributed by atoms with Crippen molar-refractivity contribution in [1.29, 1.82) is 0 Å². The third-order valence-electron chi connectivity index (χ3n) is 4.86. The highest BCUT2D eigenvalue weighted by Gasteiger charge is 2.15. The zero-order chi connectivity index (χ0) is 23.2. The van der Waals surface area contributed by atoms with Gasteiger partial charge in [-0.1, -0.05) is 47.7 Å². The van der Waals surface area contributed by atoms with Crippen LogP contribution >= 0.6 is 23.1 Å². The number of aromatic nitrogens is 2. The number of thioether (sulfide) groups is 1. The summed E-state index contributed by atoms with van der Waals surface area (Å²) in [6.07, 6.45) is 0.706. The van der Waals surface area contributed by atoms with Gasteiger partial charge < -0.3 is 5.32 Å². The van der Waals surface area contributed by atoms with Crippen molar-refractivity contribution >= 4 is 45.9 Å². The zero-order valence-corrected chi connectivity index (χ0v) is 19.5. The van der Waals surface area contributed by atoms with Crippen LogP contribution in [-0.4, -0.2) is 33.8 Å². The van der Waals surface area contributed by atoms with Crippen LogP contribution in [0.3, 0.4) is 0 Å². The molecule has 0 fully saturated rings. The van der Waals surface area contributed by atoms with E-state index in [2.05, 4.69) is 15.6 Å². The third-order valence-corrected chi connectivity index (χ3v) is 6.73. The van der Waals surface area contributed by atoms with Gasteiger partial charge in [0.2, 0.25) is 5.91 Å². The number of benzene rings is 2. The number of hydrogen-bond donors (Lipinski definition) is 2. The van der Waals surface area contributed by atoms with E-state index in [9.17, 15) is 14.4 Å². The van der Waals surface area contributed by atoms with E-state index in [0.29, 0.717) is 34.7 Å². The molecular formula is C24H22N4O3S2. The quantitative estimate of drug-likeness (QED) is 0.310. The summed E-state index contributed by atoms with van der Waals surface area (Å²) in [5, 5.41) is 7.87. The lowest BCUT2D eigenvalue weighted by molar-refractivity contribution is -0.117. The number of aryl methyl sites for hydroxylation is 1. The van der Waals surface area contributed by atoms with E-state index in [1.165, 1.54) is 4.57 Å². The van der Waals surface area contributed by atoms with Gasteiger partial charge in [0.1, 0.15) is 0 Å². The molecular weight excluding hydrogens is 456 g/mol. The molecule has 2 heterocycles. The van der Waals surface area contributed by atoms with Crippen molar-refractivity contribution in [2.24, 2.45) is 0 Å². The number of fused-ring (bicyclic) bond motifs is 1. The number of rotatable bonds is 7. The molecule has 4 aromatic rings. The highest BCUT2D eigenvalue weighted by molar-refractivity contribution is 7.99. The summed E-state index contributed by atoms with van der Waals surface area (Å²) >= 11 is 2.73. The Morgan fingerprint density at radius 3 is 2.61 bits per heavy atom. The number of amides is 3. The number of thiophene rings is 1. The van der Waals surface area contributed by atoms with Gasteiger partial charge in [0, 0.05) is 11.4 Å². The molecule has 0 aliphatic heterocycles. The molecule has 0 unspecified atom stereocenters. The Morgan fingerprint density at radius 1 is 1.06 bits per heavy atom. The maximum absolute atomic E-state index is 13.2. The van der Waals surface area contributed by atoms with Crippen molar-refractivity contribution in [1.82, 2.24) is 20.2 Å². The van der Waals surface area contributed by atoms with E-state index in [-0.39, 0.29) is 11.3 Å². The largest absolute Gasteiger partial charge is 0.337 e.